The third-order valence-electron chi connectivity index (χ3n) is 2.45. The molecule has 0 unspecified atom stereocenters. The van der Waals surface area contributed by atoms with Crippen LogP contribution in [-0.4, -0.2) is 50.7 Å². The Bertz CT molecular complexity index is 584. The molecule has 0 saturated carbocycles. The highest BCUT2D eigenvalue weighted by Gasteiger charge is 2.11. The number of thioether (sulfide) groups is 1. The minimum absolute atomic E-state index is 0.191. The van der Waals surface area contributed by atoms with Crippen LogP contribution in [-0.2, 0) is 16.1 Å². The van der Waals surface area contributed by atoms with Gasteiger partial charge in [-0.1, -0.05) is 16.9 Å². The molecule has 1 amide bonds. The average molecular weight is 312 g/mol. The molecule has 0 saturated heterocycles. The lowest BCUT2D eigenvalue weighted by atomic mass is 10.5. The first-order chi connectivity index (χ1) is 10.2. The molecule has 114 valence electrons. The van der Waals surface area contributed by atoms with Crippen molar-refractivity contribution >= 4 is 23.5 Å². The Balaban J connectivity index is 1.79. The first-order valence-electron chi connectivity index (χ1n) is 6.30. The lowest BCUT2D eigenvalue weighted by molar-refractivity contribution is -0.113. The number of rotatable bonds is 8. The van der Waals surface area contributed by atoms with Crippen LogP contribution in [0.5, 0.6) is 0 Å². The molecule has 10 heteroatoms. The van der Waals surface area contributed by atoms with E-state index in [0.717, 1.165) is 6.42 Å². The van der Waals surface area contributed by atoms with Crippen molar-refractivity contribution in [1.29, 1.82) is 0 Å². The van der Waals surface area contributed by atoms with Crippen LogP contribution in [0.4, 0.5) is 5.82 Å². The highest BCUT2D eigenvalue weighted by Crippen LogP contribution is 2.15. The van der Waals surface area contributed by atoms with E-state index in [1.807, 2.05) is 0 Å². The summed E-state index contributed by atoms with van der Waals surface area (Å²) in [4.78, 5) is 11.8. The summed E-state index contributed by atoms with van der Waals surface area (Å²) in [5, 5.41) is 18.3. The van der Waals surface area contributed by atoms with Gasteiger partial charge in [0, 0.05) is 26.3 Å². The summed E-state index contributed by atoms with van der Waals surface area (Å²) in [5.41, 5.74) is 0. The van der Waals surface area contributed by atoms with Gasteiger partial charge in [0.2, 0.25) is 11.1 Å². The quantitative estimate of drug-likeness (QED) is 0.561. The zero-order valence-electron chi connectivity index (χ0n) is 11.8. The van der Waals surface area contributed by atoms with Gasteiger partial charge in [-0.25, -0.2) is 4.68 Å². The number of ether oxygens (including phenoxy) is 1. The Kier molecular flexibility index (Phi) is 5.69. The van der Waals surface area contributed by atoms with Gasteiger partial charge < -0.3 is 14.6 Å². The molecule has 1 N–H and O–H groups in total. The smallest absolute Gasteiger partial charge is 0.236 e. The van der Waals surface area contributed by atoms with Gasteiger partial charge in [0.05, 0.1) is 5.75 Å². The molecule has 0 aromatic carbocycles. The number of methoxy groups -OCH3 is 1. The topological polar surface area (TPSA) is 108 Å². The number of carbonyl (C=O) groups is 1. The van der Waals surface area contributed by atoms with Crippen LogP contribution in [0, 0.1) is 6.92 Å². The molecule has 0 spiro atoms. The fourth-order valence-electron chi connectivity index (χ4n) is 1.53. The van der Waals surface area contributed by atoms with Crippen molar-refractivity contribution in [1.82, 2.24) is 25.4 Å². The largest absolute Gasteiger partial charge is 0.385 e. The molecule has 2 heterocycles. The predicted octanol–water partition coefficient (Wildman–Crippen LogP) is 0.737. The minimum atomic E-state index is -0.195. The van der Waals surface area contributed by atoms with Crippen molar-refractivity contribution in [2.45, 2.75) is 25.0 Å². The van der Waals surface area contributed by atoms with Crippen molar-refractivity contribution in [2.24, 2.45) is 0 Å². The molecule has 0 aliphatic carbocycles. The second kappa shape index (κ2) is 7.74. The summed E-state index contributed by atoms with van der Waals surface area (Å²) in [7, 11) is 1.64. The minimum Gasteiger partial charge on any atom is -0.385 e. The fourth-order valence-corrected chi connectivity index (χ4v) is 2.24. The van der Waals surface area contributed by atoms with Gasteiger partial charge in [-0.05, 0) is 23.8 Å². The number of nitrogens with zero attached hydrogens (tertiary/aromatic N) is 5. The monoisotopic (exact) mass is 312 g/mol. The van der Waals surface area contributed by atoms with E-state index in [-0.39, 0.29) is 11.7 Å². The number of hydrogen-bond donors (Lipinski definition) is 1. The van der Waals surface area contributed by atoms with Crippen LogP contribution in [0.15, 0.2) is 15.7 Å². The third kappa shape index (κ3) is 4.83. The number of amides is 1. The van der Waals surface area contributed by atoms with E-state index in [2.05, 4.69) is 26.0 Å². The van der Waals surface area contributed by atoms with E-state index >= 15 is 0 Å². The molecule has 0 radical (unpaired) electrons. The van der Waals surface area contributed by atoms with Crippen LogP contribution in [0.2, 0.25) is 0 Å². The Morgan fingerprint density at radius 3 is 3.14 bits per heavy atom. The molecule has 2 aromatic heterocycles. The summed E-state index contributed by atoms with van der Waals surface area (Å²) in [6.07, 6.45) is 0.805. The van der Waals surface area contributed by atoms with Gasteiger partial charge in [-0.3, -0.25) is 4.79 Å². The normalized spacial score (nSPS) is 10.8. The van der Waals surface area contributed by atoms with Crippen LogP contribution in [0.25, 0.3) is 0 Å². The number of tetrazole rings is 1. The van der Waals surface area contributed by atoms with Crippen LogP contribution < -0.4 is 5.32 Å². The summed E-state index contributed by atoms with van der Waals surface area (Å²) in [6, 6.07) is 1.65. The van der Waals surface area contributed by atoms with E-state index in [0.29, 0.717) is 29.9 Å². The highest BCUT2D eigenvalue weighted by molar-refractivity contribution is 7.99. The van der Waals surface area contributed by atoms with Gasteiger partial charge >= 0.3 is 0 Å². The maximum Gasteiger partial charge on any atom is 0.236 e. The molecule has 0 fully saturated rings. The van der Waals surface area contributed by atoms with Crippen molar-refractivity contribution < 1.29 is 14.1 Å². The molecule has 0 bridgehead atoms. The number of aryl methyl sites for hydroxylation is 2. The van der Waals surface area contributed by atoms with Gasteiger partial charge in [-0.15, -0.1) is 5.10 Å². The molecule has 2 rings (SSSR count). The van der Waals surface area contributed by atoms with Gasteiger partial charge in [0.1, 0.15) is 5.76 Å². The number of nitrogens with one attached hydrogen (secondary N) is 1. The predicted molar refractivity (Wildman–Crippen MR) is 74.9 cm³/mol. The second-order valence-electron chi connectivity index (χ2n) is 4.19. The summed E-state index contributed by atoms with van der Waals surface area (Å²) in [5.74, 6) is 1.04. The Labute approximate surface area is 125 Å². The number of aromatic nitrogens is 5. The molecular formula is C11H16N6O3S. The first-order valence-corrected chi connectivity index (χ1v) is 7.28. The van der Waals surface area contributed by atoms with E-state index in [4.69, 9.17) is 9.26 Å². The van der Waals surface area contributed by atoms with Crippen molar-refractivity contribution in [3.8, 4) is 0 Å². The molecule has 21 heavy (non-hydrogen) atoms. The lowest BCUT2D eigenvalue weighted by Crippen LogP contribution is -2.15. The fraction of sp³-hybridized carbons (Fsp3) is 0.545. The van der Waals surface area contributed by atoms with E-state index in [1.165, 1.54) is 11.8 Å². The second-order valence-corrected chi connectivity index (χ2v) is 5.13. The zero-order chi connectivity index (χ0) is 15.1. The van der Waals surface area contributed by atoms with Crippen molar-refractivity contribution in [3.63, 3.8) is 0 Å². The average Bonchev–Trinajstić information content (AvgIpc) is 3.06. The molecule has 9 nitrogen and oxygen atoms in total. The lowest BCUT2D eigenvalue weighted by Gasteiger charge is -2.03. The van der Waals surface area contributed by atoms with Gasteiger partial charge in [0.25, 0.3) is 0 Å². The van der Waals surface area contributed by atoms with Crippen molar-refractivity contribution in [3.05, 3.63) is 11.8 Å². The SMILES string of the molecule is COCCCn1nnnc1SCC(=O)Nc1cc(C)on1. The van der Waals surface area contributed by atoms with Crippen molar-refractivity contribution in [2.75, 3.05) is 24.8 Å². The molecule has 0 atom stereocenters. The Morgan fingerprint density at radius 2 is 2.43 bits per heavy atom. The molecular weight excluding hydrogens is 296 g/mol. The number of anilines is 1. The van der Waals surface area contributed by atoms with Crippen LogP contribution in [0.3, 0.4) is 0 Å². The number of hydrogen-bond acceptors (Lipinski definition) is 8. The first kappa shape index (κ1) is 15.4. The molecule has 0 aliphatic rings. The number of carbonyl (C=O) groups excluding carboxylic acids is 1. The highest BCUT2D eigenvalue weighted by atomic mass is 32.2. The van der Waals surface area contributed by atoms with Gasteiger partial charge in [0.15, 0.2) is 5.82 Å². The maximum absolute atomic E-state index is 11.8. The van der Waals surface area contributed by atoms with E-state index in [1.54, 1.807) is 24.8 Å². The van der Waals surface area contributed by atoms with E-state index in [9.17, 15) is 4.79 Å². The van der Waals surface area contributed by atoms with Crippen LogP contribution in [0.1, 0.15) is 12.2 Å². The summed E-state index contributed by atoms with van der Waals surface area (Å²) < 4.78 is 11.5. The van der Waals surface area contributed by atoms with E-state index < -0.39 is 0 Å². The Hall–Kier alpha value is -1.94. The summed E-state index contributed by atoms with van der Waals surface area (Å²) >= 11 is 1.26. The standard InChI is InChI=1S/C11H16N6O3S/c1-8-6-9(14-20-8)12-10(18)7-21-11-13-15-16-17(11)4-3-5-19-2/h6H,3-5,7H2,1-2H3,(H,12,14,18). The molecule has 2 aromatic rings. The zero-order valence-corrected chi connectivity index (χ0v) is 12.6. The van der Waals surface area contributed by atoms with Crippen LogP contribution >= 0.6 is 11.8 Å². The third-order valence-corrected chi connectivity index (χ3v) is 3.40. The maximum atomic E-state index is 11.8. The molecule has 0 aliphatic heterocycles. The summed E-state index contributed by atoms with van der Waals surface area (Å²) in [6.45, 7) is 3.04. The Morgan fingerprint density at radius 1 is 1.57 bits per heavy atom. The van der Waals surface area contributed by atoms with Gasteiger partial charge in [-0.2, -0.15) is 0 Å².